The second kappa shape index (κ2) is 29.7. The average Bonchev–Trinajstić information content (AvgIpc) is 3.79. The number of phenols is 1. The Morgan fingerprint density at radius 2 is 1.42 bits per heavy atom. The van der Waals surface area contributed by atoms with E-state index in [0.29, 0.717) is 38.8 Å². The van der Waals surface area contributed by atoms with Crippen molar-refractivity contribution in [2.75, 3.05) is 23.8 Å². The van der Waals surface area contributed by atoms with E-state index in [1.54, 1.807) is 56.4 Å². The molecule has 1 aliphatic rings. The summed E-state index contributed by atoms with van der Waals surface area (Å²) < 4.78 is 1.17. The predicted octanol–water partition coefficient (Wildman–Crippen LogP) is 0.554. The Labute approximate surface area is 479 Å². The number of phenolic OH excluding ortho intramolecular Hbond substituents is 1. The van der Waals surface area contributed by atoms with E-state index in [2.05, 4.69) is 42.2 Å². The molecule has 0 saturated carbocycles. The first-order valence-corrected chi connectivity index (χ1v) is 29.1. The van der Waals surface area contributed by atoms with Crippen LogP contribution in [0.4, 0.5) is 5.69 Å². The second-order valence-electron chi connectivity index (χ2n) is 18.7. The molecule has 1 saturated heterocycles. The number of hydrogen-bond acceptors (Lipinski definition) is 15. The van der Waals surface area contributed by atoms with Crippen molar-refractivity contribution in [2.45, 2.75) is 107 Å². The van der Waals surface area contributed by atoms with Gasteiger partial charge in [-0.3, -0.25) is 43.2 Å². The number of nitrogens with one attached hydrogen (secondary N) is 8. The fourth-order valence-electron chi connectivity index (χ4n) is 8.07. The normalized spacial score (nSPS) is 21.1. The summed E-state index contributed by atoms with van der Waals surface area (Å²) in [6, 6.07) is 5.70. The molecule has 77 heavy (non-hydrogen) atoms. The first-order chi connectivity index (χ1) is 36.5. The van der Waals surface area contributed by atoms with Crippen LogP contribution in [0.3, 0.4) is 0 Å². The number of benzene rings is 3. The Morgan fingerprint density at radius 1 is 0.779 bits per heavy atom. The number of aliphatic carboxylic acids is 1. The number of aromatic hydroxyl groups is 1. The lowest BCUT2D eigenvalue weighted by molar-refractivity contribution is -0.140. The van der Waals surface area contributed by atoms with Crippen LogP contribution in [0, 0.1) is 13.1 Å². The minimum Gasteiger partial charge on any atom is -0.507 e. The van der Waals surface area contributed by atoms with Crippen molar-refractivity contribution in [1.82, 2.24) is 42.2 Å². The van der Waals surface area contributed by atoms with Crippen LogP contribution in [0.15, 0.2) is 66.9 Å². The van der Waals surface area contributed by atoms with E-state index in [1.807, 2.05) is 63.4 Å². The summed E-state index contributed by atoms with van der Waals surface area (Å²) in [5.74, 6) is -9.70. The van der Waals surface area contributed by atoms with Crippen molar-refractivity contribution in [3.63, 3.8) is 0 Å². The van der Waals surface area contributed by atoms with Gasteiger partial charge in [0, 0.05) is 50.7 Å². The summed E-state index contributed by atoms with van der Waals surface area (Å²) in [5, 5.41) is 39.3. The number of carbonyl (C=O) groups excluding carboxylic acids is 8. The summed E-state index contributed by atoms with van der Waals surface area (Å²) in [6.45, 7) is 3.52. The van der Waals surface area contributed by atoms with Gasteiger partial charge in [-0.15, -0.1) is 0 Å². The Balaban J connectivity index is 1.60. The van der Waals surface area contributed by atoms with E-state index in [9.17, 15) is 53.4 Å². The van der Waals surface area contributed by atoms with Crippen LogP contribution in [-0.2, 0) is 62.4 Å². The molecular formula is C50H64I2N12O11S2. The van der Waals surface area contributed by atoms with E-state index in [4.69, 9.17) is 22.9 Å². The highest BCUT2D eigenvalue weighted by atomic mass is 127. The molecule has 1 aromatic heterocycles. The number of para-hydroxylation sites is 1. The molecule has 416 valence electrons. The minimum absolute atomic E-state index is 0.0335. The topological polar surface area (TPSA) is 398 Å². The quantitative estimate of drug-likeness (QED) is 0.0280. The van der Waals surface area contributed by atoms with E-state index in [-0.39, 0.29) is 49.5 Å². The summed E-state index contributed by atoms with van der Waals surface area (Å²) in [5.41, 5.74) is 26.7. The first-order valence-electron chi connectivity index (χ1n) is 24.4. The second-order valence-corrected chi connectivity index (χ2v) is 23.5. The molecule has 4 aromatic rings. The molecule has 3 aromatic carbocycles. The molecule has 18 N–H and O–H groups in total. The largest absolute Gasteiger partial charge is 0.507 e. The molecule has 0 aliphatic carbocycles. The first kappa shape index (κ1) is 62.0. The van der Waals surface area contributed by atoms with Gasteiger partial charge in [-0.2, -0.15) is 0 Å². The third-order valence-electron chi connectivity index (χ3n) is 12.4. The summed E-state index contributed by atoms with van der Waals surface area (Å²) in [4.78, 5) is 128. The highest BCUT2D eigenvalue weighted by Gasteiger charge is 2.36. The number of hydrogen-bond donors (Lipinski definition) is 14. The molecule has 27 heteroatoms. The summed E-state index contributed by atoms with van der Waals surface area (Å²) in [7, 11) is 1.92. The summed E-state index contributed by atoms with van der Waals surface area (Å²) >= 11 is 3.96. The van der Waals surface area contributed by atoms with Gasteiger partial charge in [0.2, 0.25) is 47.3 Å². The Hall–Kier alpha value is -5.89. The molecule has 8 amide bonds. The standard InChI is InChI=1S/C50H64I2N12O11S2/c1-24(2)42-50(75)63-39(48(73)59-35(43(56)68)20-41(66)67)23-77-76-22-38(62-44(69)32(55)17-25-10-12-31(54)29(51)15-25)49(74)60-36(18-26-11-13-40(65)30(52)16-26)46(71)61-37(19-27-21-57-33-8-4-3-7-28(27)33)47(72)58-34(45(70)64-42)9-5-6-14-53/h3-4,7-8,10-13,15-16,21,24,32,34-39,42,57,65H,5-6,9,14,17-20,22-23,53-55H2,1-2H3,(H2,56,68)(H,58,72)(H,59,73)(H,60,74)(H,61,71)(H,62,69)(H,63,75)(H,64,70)(H,66,67)/t32-,34-,35-,36-,37+,38-,39+,42+/m0/s1. The highest BCUT2D eigenvalue weighted by Crippen LogP contribution is 2.26. The maximum atomic E-state index is 14.9. The molecule has 1 fully saturated rings. The van der Waals surface area contributed by atoms with Gasteiger partial charge >= 0.3 is 5.97 Å². The van der Waals surface area contributed by atoms with Gasteiger partial charge < -0.3 is 75.3 Å². The number of primary amides is 1. The van der Waals surface area contributed by atoms with E-state index >= 15 is 0 Å². The number of carboxylic acid groups (broad SMARTS) is 1. The fraction of sp³-hybridized carbons (Fsp3) is 0.420. The number of nitrogen functional groups attached to an aromatic ring is 1. The van der Waals surface area contributed by atoms with Crippen LogP contribution in [-0.4, -0.2) is 135 Å². The Morgan fingerprint density at radius 3 is 2.08 bits per heavy atom. The number of aromatic nitrogens is 1. The number of halogens is 2. The van der Waals surface area contributed by atoms with Crippen molar-refractivity contribution in [3.05, 3.63) is 90.7 Å². The van der Waals surface area contributed by atoms with E-state index in [1.165, 1.54) is 6.07 Å². The molecule has 23 nitrogen and oxygen atoms in total. The van der Waals surface area contributed by atoms with Gasteiger partial charge in [0.1, 0.15) is 48.0 Å². The van der Waals surface area contributed by atoms with Crippen LogP contribution in [0.25, 0.3) is 10.9 Å². The van der Waals surface area contributed by atoms with Crippen LogP contribution < -0.4 is 60.2 Å². The fourth-order valence-corrected chi connectivity index (χ4v) is 11.6. The smallest absolute Gasteiger partial charge is 0.305 e. The number of anilines is 1. The lowest BCUT2D eigenvalue weighted by atomic mass is 10.00. The number of amides is 8. The van der Waals surface area contributed by atoms with Crippen molar-refractivity contribution in [2.24, 2.45) is 23.1 Å². The third kappa shape index (κ3) is 18.6. The van der Waals surface area contributed by atoms with E-state index < -0.39 is 114 Å². The van der Waals surface area contributed by atoms with Crippen molar-refractivity contribution < 1.29 is 53.4 Å². The molecule has 5 rings (SSSR count). The predicted molar refractivity (Wildman–Crippen MR) is 309 cm³/mol. The number of aromatic amines is 1. The number of unbranched alkanes of at least 4 members (excludes halogenated alkanes) is 1. The van der Waals surface area contributed by atoms with Gasteiger partial charge in [-0.1, -0.05) is 65.8 Å². The molecule has 1 aliphatic heterocycles. The van der Waals surface area contributed by atoms with E-state index in [0.717, 1.165) is 36.1 Å². The number of H-pyrrole nitrogens is 1. The van der Waals surface area contributed by atoms with Gasteiger partial charge in [0.15, 0.2) is 0 Å². The lowest BCUT2D eigenvalue weighted by Crippen LogP contribution is -2.61. The molecular weight excluding hydrogens is 1260 g/mol. The zero-order chi connectivity index (χ0) is 56.5. The number of carboxylic acids is 1. The van der Waals surface area contributed by atoms with Gasteiger partial charge in [-0.25, -0.2) is 0 Å². The maximum Gasteiger partial charge on any atom is 0.305 e. The molecule has 8 atom stereocenters. The lowest BCUT2D eigenvalue weighted by Gasteiger charge is -2.29. The van der Waals surface area contributed by atoms with Crippen molar-refractivity contribution in [1.29, 1.82) is 0 Å². The number of fused-ring (bicyclic) bond motifs is 1. The maximum absolute atomic E-state index is 14.9. The van der Waals surface area contributed by atoms with Gasteiger partial charge in [-0.05, 0) is 130 Å². The number of carbonyl (C=O) groups is 9. The minimum atomic E-state index is -1.69. The third-order valence-corrected chi connectivity index (χ3v) is 16.6. The molecule has 0 unspecified atom stereocenters. The van der Waals surface area contributed by atoms with Crippen LogP contribution in [0.5, 0.6) is 5.75 Å². The SMILES string of the molecule is CC(C)[C@H]1NC(=O)[C@H](CCCCN)NC(=O)[C@@H](Cc2c[nH]c3ccccc23)NC(=O)[C@H](Cc2ccc(O)c(I)c2)NC(=O)[C@@H](NC(=O)[C@@H](N)Cc2ccc(N)c(I)c2)CSSC[C@H](C(=O)N[C@@H](CC(=O)O)C(N)=O)NC1=O. The molecule has 0 spiro atoms. The van der Waals surface area contributed by atoms with Gasteiger partial charge in [0.05, 0.1) is 16.0 Å². The number of nitrogens with two attached hydrogens (primary N) is 4. The van der Waals surface area contributed by atoms with Crippen molar-refractivity contribution >= 4 is 137 Å². The van der Waals surface area contributed by atoms with Crippen LogP contribution in [0.2, 0.25) is 0 Å². The Bertz CT molecular complexity index is 2810. The average molecular weight is 1330 g/mol. The molecule has 0 bridgehead atoms. The molecule has 0 radical (unpaired) electrons. The summed E-state index contributed by atoms with van der Waals surface area (Å²) in [6.07, 6.45) is 1.40. The zero-order valence-corrected chi connectivity index (χ0v) is 48.0. The van der Waals surface area contributed by atoms with Crippen molar-refractivity contribution in [3.8, 4) is 5.75 Å². The zero-order valence-electron chi connectivity index (χ0n) is 42.1. The van der Waals surface area contributed by atoms with Crippen LogP contribution >= 0.6 is 66.8 Å². The number of rotatable bonds is 18. The van der Waals surface area contributed by atoms with Gasteiger partial charge in [0.25, 0.3) is 0 Å². The monoisotopic (exact) mass is 1330 g/mol. The highest BCUT2D eigenvalue weighted by molar-refractivity contribution is 14.1. The molecule has 2 heterocycles. The van der Waals surface area contributed by atoms with Crippen LogP contribution in [0.1, 0.15) is 56.2 Å². The Kier molecular flexibility index (Phi) is 23.9.